The van der Waals surface area contributed by atoms with E-state index in [2.05, 4.69) is 32.1 Å². The van der Waals surface area contributed by atoms with Gasteiger partial charge in [-0.1, -0.05) is 24.8 Å². The summed E-state index contributed by atoms with van der Waals surface area (Å²) in [7, 11) is 0. The Bertz CT molecular complexity index is 1280. The highest BCUT2D eigenvalue weighted by Crippen LogP contribution is 2.29. The molecule has 1 aromatic carbocycles. The van der Waals surface area contributed by atoms with Gasteiger partial charge in [-0.15, -0.1) is 0 Å². The van der Waals surface area contributed by atoms with Gasteiger partial charge in [-0.3, -0.25) is 4.79 Å². The Labute approximate surface area is 197 Å². The molecule has 5 rings (SSSR count). The van der Waals surface area contributed by atoms with Crippen molar-refractivity contribution in [1.82, 2.24) is 25.2 Å². The van der Waals surface area contributed by atoms with Gasteiger partial charge in [0, 0.05) is 43.5 Å². The monoisotopic (exact) mass is 456 g/mol. The molecule has 172 valence electrons. The van der Waals surface area contributed by atoms with Crippen LogP contribution in [0.4, 0.5) is 10.2 Å². The number of nitrogens with two attached hydrogens (primary N) is 1. The van der Waals surface area contributed by atoms with Gasteiger partial charge >= 0.3 is 0 Å². The third-order valence-corrected chi connectivity index (χ3v) is 6.53. The number of nitrogens with zero attached hydrogens (tertiary/aromatic N) is 4. The van der Waals surface area contributed by atoms with Gasteiger partial charge in [0.15, 0.2) is 0 Å². The Morgan fingerprint density at radius 1 is 1.15 bits per heavy atom. The van der Waals surface area contributed by atoms with Crippen molar-refractivity contribution in [3.63, 3.8) is 0 Å². The number of likely N-dealkylation sites (tertiary alicyclic amines) is 1. The van der Waals surface area contributed by atoms with Crippen LogP contribution in [-0.2, 0) is 6.42 Å². The molecular weight excluding hydrogens is 431 g/mol. The number of anilines is 1. The zero-order chi connectivity index (χ0) is 23.7. The van der Waals surface area contributed by atoms with Crippen LogP contribution in [0.1, 0.15) is 34.1 Å². The van der Waals surface area contributed by atoms with Gasteiger partial charge in [0.05, 0.1) is 22.5 Å². The Hall–Kier alpha value is -3.83. The van der Waals surface area contributed by atoms with E-state index in [-0.39, 0.29) is 11.5 Å². The first-order valence-electron chi connectivity index (χ1n) is 11.4. The van der Waals surface area contributed by atoms with Gasteiger partial charge in [-0.2, -0.15) is 0 Å². The molecule has 1 amide bonds. The maximum absolute atomic E-state index is 15.2. The summed E-state index contributed by atoms with van der Waals surface area (Å²) in [5, 5.41) is 3.35. The second-order valence-electron chi connectivity index (χ2n) is 8.70. The molecule has 2 unspecified atom stereocenters. The largest absolute Gasteiger partial charge is 0.384 e. The molecule has 2 fully saturated rings. The fourth-order valence-electron chi connectivity index (χ4n) is 4.68. The van der Waals surface area contributed by atoms with Gasteiger partial charge < -0.3 is 16.0 Å². The van der Waals surface area contributed by atoms with Crippen molar-refractivity contribution < 1.29 is 9.18 Å². The van der Waals surface area contributed by atoms with Crippen LogP contribution in [0.3, 0.4) is 0 Å². The molecule has 2 saturated heterocycles. The average molecular weight is 457 g/mol. The summed E-state index contributed by atoms with van der Waals surface area (Å²) in [6.45, 7) is 5.15. The van der Waals surface area contributed by atoms with Crippen molar-refractivity contribution in [3.8, 4) is 23.1 Å². The molecule has 0 bridgehead atoms. The summed E-state index contributed by atoms with van der Waals surface area (Å²) in [5.41, 5.74) is 8.90. The Morgan fingerprint density at radius 2 is 1.94 bits per heavy atom. The summed E-state index contributed by atoms with van der Waals surface area (Å²) in [6, 6.07) is 8.11. The van der Waals surface area contributed by atoms with E-state index < -0.39 is 5.82 Å². The van der Waals surface area contributed by atoms with Gasteiger partial charge in [0.25, 0.3) is 5.91 Å². The van der Waals surface area contributed by atoms with Crippen LogP contribution in [0.5, 0.6) is 0 Å². The molecule has 2 aliphatic heterocycles. The second kappa shape index (κ2) is 9.20. The minimum atomic E-state index is -0.559. The number of hydrogen-bond donors (Lipinski definition) is 2. The lowest BCUT2D eigenvalue weighted by atomic mass is 10.0. The highest BCUT2D eigenvalue weighted by Gasteiger charge is 2.38. The van der Waals surface area contributed by atoms with Gasteiger partial charge in [0.1, 0.15) is 18.0 Å². The van der Waals surface area contributed by atoms with Crippen LogP contribution in [0, 0.1) is 29.5 Å². The van der Waals surface area contributed by atoms with E-state index in [4.69, 9.17) is 5.73 Å². The molecule has 3 N–H and O–H groups in total. The number of aromatic nitrogens is 3. The number of nitrogen functional groups attached to an aromatic ring is 1. The quantitative estimate of drug-likeness (QED) is 0.588. The number of aryl methyl sites for hydroxylation is 1. The van der Waals surface area contributed by atoms with Crippen LogP contribution in [-0.4, -0.2) is 51.9 Å². The number of pyridine rings is 1. The SMILES string of the molecule is CCc1ncnc(-c2ccc(C(=O)N3CC4CNCC4C3)c(F)c2)c1C#Cc1ccc(N)nc1. The topological polar surface area (TPSA) is 97.0 Å². The molecule has 4 heterocycles. The van der Waals surface area contributed by atoms with Crippen LogP contribution in [0.2, 0.25) is 0 Å². The zero-order valence-electron chi connectivity index (χ0n) is 18.9. The number of nitrogens with one attached hydrogen (secondary N) is 1. The molecular formula is C26H25FN6O. The highest BCUT2D eigenvalue weighted by molar-refractivity contribution is 5.95. The molecule has 34 heavy (non-hydrogen) atoms. The van der Waals surface area contributed by atoms with E-state index in [1.165, 1.54) is 12.4 Å². The molecule has 3 aromatic rings. The third kappa shape index (κ3) is 4.22. The van der Waals surface area contributed by atoms with Crippen molar-refractivity contribution >= 4 is 11.7 Å². The third-order valence-electron chi connectivity index (χ3n) is 6.53. The number of amides is 1. The van der Waals surface area contributed by atoms with Gasteiger partial charge in [0.2, 0.25) is 0 Å². The lowest BCUT2D eigenvalue weighted by molar-refractivity contribution is 0.0777. The molecule has 0 aliphatic carbocycles. The lowest BCUT2D eigenvalue weighted by Gasteiger charge is -2.18. The average Bonchev–Trinajstić information content (AvgIpc) is 3.46. The number of benzene rings is 1. The maximum Gasteiger partial charge on any atom is 0.256 e. The second-order valence-corrected chi connectivity index (χ2v) is 8.70. The Balaban J connectivity index is 1.45. The fraction of sp³-hybridized carbons (Fsp3) is 0.308. The number of halogens is 1. The highest BCUT2D eigenvalue weighted by atomic mass is 19.1. The molecule has 0 radical (unpaired) electrons. The first kappa shape index (κ1) is 22.0. The van der Waals surface area contributed by atoms with Crippen LogP contribution < -0.4 is 11.1 Å². The summed E-state index contributed by atoms with van der Waals surface area (Å²) in [6.07, 6.45) is 3.70. The van der Waals surface area contributed by atoms with Crippen molar-refractivity contribution in [2.75, 3.05) is 31.9 Å². The molecule has 2 aliphatic rings. The first-order valence-corrected chi connectivity index (χ1v) is 11.4. The summed E-state index contributed by atoms with van der Waals surface area (Å²) in [4.78, 5) is 27.6. The zero-order valence-corrected chi connectivity index (χ0v) is 18.9. The number of fused-ring (bicyclic) bond motifs is 1. The molecule has 7 nitrogen and oxygen atoms in total. The number of carbonyl (C=O) groups is 1. The maximum atomic E-state index is 15.2. The molecule has 2 aromatic heterocycles. The van der Waals surface area contributed by atoms with Crippen LogP contribution in [0.15, 0.2) is 42.9 Å². The molecule has 8 heteroatoms. The Kier molecular flexibility index (Phi) is 5.95. The van der Waals surface area contributed by atoms with Crippen molar-refractivity contribution in [2.45, 2.75) is 13.3 Å². The van der Waals surface area contributed by atoms with E-state index in [1.54, 1.807) is 35.4 Å². The number of hydrogen-bond acceptors (Lipinski definition) is 6. The predicted molar refractivity (Wildman–Crippen MR) is 127 cm³/mol. The fourth-order valence-corrected chi connectivity index (χ4v) is 4.68. The molecule has 0 spiro atoms. The minimum Gasteiger partial charge on any atom is -0.384 e. The number of carbonyl (C=O) groups excluding carboxylic acids is 1. The Morgan fingerprint density at radius 3 is 2.62 bits per heavy atom. The van der Waals surface area contributed by atoms with Crippen LogP contribution >= 0.6 is 0 Å². The normalized spacial score (nSPS) is 18.9. The summed E-state index contributed by atoms with van der Waals surface area (Å²) >= 11 is 0. The smallest absolute Gasteiger partial charge is 0.256 e. The first-order chi connectivity index (χ1) is 16.5. The predicted octanol–water partition coefficient (Wildman–Crippen LogP) is 2.51. The van der Waals surface area contributed by atoms with E-state index in [0.717, 1.165) is 18.8 Å². The van der Waals surface area contributed by atoms with E-state index in [0.29, 0.717) is 59.5 Å². The van der Waals surface area contributed by atoms with Gasteiger partial charge in [-0.25, -0.2) is 19.3 Å². The van der Waals surface area contributed by atoms with E-state index >= 15 is 4.39 Å². The van der Waals surface area contributed by atoms with Crippen molar-refractivity contribution in [2.24, 2.45) is 11.8 Å². The standard InChI is InChI=1S/C26H25FN6O/c1-2-23-21(6-3-16-4-8-24(28)30-10-16)25(32-15-31-23)17-5-7-20(22(27)9-17)26(34)33-13-18-11-29-12-19(18)14-33/h4-5,7-10,15,18-19,29H,2,11-14H2,1H3,(H2,28,30). The van der Waals surface area contributed by atoms with Gasteiger partial charge in [-0.05, 0) is 42.5 Å². The van der Waals surface area contributed by atoms with E-state index in [9.17, 15) is 4.79 Å². The molecule has 0 saturated carbocycles. The minimum absolute atomic E-state index is 0.0852. The number of rotatable bonds is 3. The van der Waals surface area contributed by atoms with E-state index in [1.807, 2.05) is 6.92 Å². The molecule has 2 atom stereocenters. The lowest BCUT2D eigenvalue weighted by Crippen LogP contribution is -2.32. The van der Waals surface area contributed by atoms with Crippen molar-refractivity contribution in [1.29, 1.82) is 0 Å². The van der Waals surface area contributed by atoms with Crippen molar-refractivity contribution in [3.05, 3.63) is 71.1 Å². The van der Waals surface area contributed by atoms with Crippen LogP contribution in [0.25, 0.3) is 11.3 Å². The summed E-state index contributed by atoms with van der Waals surface area (Å²) in [5.74, 6) is 6.71. The summed E-state index contributed by atoms with van der Waals surface area (Å²) < 4.78 is 15.2.